The average molecular weight is 160 g/mol. The lowest BCUT2D eigenvalue weighted by Gasteiger charge is -1.97. The van der Waals surface area contributed by atoms with Crippen molar-refractivity contribution in [1.82, 2.24) is 0 Å². The van der Waals surface area contributed by atoms with Crippen LogP contribution in [0.15, 0.2) is 18.2 Å². The lowest BCUT2D eigenvalue weighted by molar-refractivity contribution is 0.269. The summed E-state index contributed by atoms with van der Waals surface area (Å²) >= 11 is 0. The third kappa shape index (κ3) is 1.98. The molecule has 1 nitrogen and oxygen atoms in total. The Morgan fingerprint density at radius 2 is 1.64 bits per heavy atom. The first-order valence-electron chi connectivity index (χ1n) is 2.79. The molecule has 0 aromatic heterocycles. The molecule has 0 amide bonds. The zero-order valence-corrected chi connectivity index (χ0v) is 5.14. The first-order valence-corrected chi connectivity index (χ1v) is 2.79. The van der Waals surface area contributed by atoms with E-state index in [-0.39, 0.29) is 13.0 Å². The summed E-state index contributed by atoms with van der Waals surface area (Å²) in [5.74, 6) is -1.41. The fourth-order valence-electron chi connectivity index (χ4n) is 0.683. The van der Waals surface area contributed by atoms with Crippen molar-refractivity contribution in [3.63, 3.8) is 0 Å². The third-order valence-electron chi connectivity index (χ3n) is 1.22. The quantitative estimate of drug-likeness (QED) is 0.667. The van der Waals surface area contributed by atoms with Gasteiger partial charge < -0.3 is 5.11 Å². The van der Waals surface area contributed by atoms with Crippen molar-refractivity contribution in [2.24, 2.45) is 0 Å². The van der Waals surface area contributed by atoms with Gasteiger partial charge in [-0.05, 0) is 12.1 Å². The van der Waals surface area contributed by atoms with Gasteiger partial charge >= 0.3 is 0 Å². The Labute approximate surface area is 64.3 Å². The van der Waals surface area contributed by atoms with E-state index in [1.165, 1.54) is 6.07 Å². The van der Waals surface area contributed by atoms with E-state index in [0.717, 1.165) is 12.1 Å². The number of aliphatic hydroxyl groups excluding tert-OH is 1. The van der Waals surface area contributed by atoms with Crippen LogP contribution in [0, 0.1) is 11.6 Å². The normalized spacial score (nSPS) is 9.00. The minimum absolute atomic E-state index is 0. The van der Waals surface area contributed by atoms with Crippen molar-refractivity contribution >= 4 is 0 Å². The second-order valence-electron chi connectivity index (χ2n) is 1.86. The minimum Gasteiger partial charge on any atom is -0.391 e. The molecule has 0 fully saturated rings. The van der Waals surface area contributed by atoms with Crippen LogP contribution < -0.4 is 0 Å². The van der Waals surface area contributed by atoms with Crippen LogP contribution >= 0.6 is 0 Å². The van der Waals surface area contributed by atoms with Crippen molar-refractivity contribution in [2.75, 3.05) is 0 Å². The van der Waals surface area contributed by atoms with Gasteiger partial charge in [0.2, 0.25) is 0 Å². The zero-order valence-electron chi connectivity index (χ0n) is 5.14. The Bertz CT molecular complexity index is 215. The highest BCUT2D eigenvalue weighted by atomic mass is 19.1. The van der Waals surface area contributed by atoms with Gasteiger partial charge in [0, 0.05) is 5.56 Å². The lowest BCUT2D eigenvalue weighted by Crippen LogP contribution is -1.93. The van der Waals surface area contributed by atoms with Crippen molar-refractivity contribution in [3.05, 3.63) is 35.4 Å². The van der Waals surface area contributed by atoms with E-state index in [4.69, 9.17) is 5.11 Å². The number of hydrogen-bond acceptors (Lipinski definition) is 1. The Morgan fingerprint density at radius 3 is 1.91 bits per heavy atom. The molecular weight excluding hydrogens is 150 g/mol. The van der Waals surface area contributed by atoms with Crippen LogP contribution in [0.5, 0.6) is 0 Å². The molecule has 11 heavy (non-hydrogen) atoms. The van der Waals surface area contributed by atoms with Crippen LogP contribution in [-0.4, -0.2) is 5.11 Å². The molecule has 3 heteroatoms. The maximum absolute atomic E-state index is 12.5. The molecule has 1 N–H and O–H groups in total. The molecule has 0 saturated heterocycles. The summed E-state index contributed by atoms with van der Waals surface area (Å²) < 4.78 is 24.9. The van der Waals surface area contributed by atoms with E-state index in [9.17, 15) is 8.78 Å². The van der Waals surface area contributed by atoms with Crippen molar-refractivity contribution in [1.29, 1.82) is 0 Å². The molecule has 62 valence electrons. The van der Waals surface area contributed by atoms with Gasteiger partial charge in [0.1, 0.15) is 11.6 Å². The summed E-state index contributed by atoms with van der Waals surface area (Å²) in [6.45, 7) is -0.599. The highest BCUT2D eigenvalue weighted by molar-refractivity contribution is 5.18. The van der Waals surface area contributed by atoms with Gasteiger partial charge in [0.15, 0.2) is 0 Å². The van der Waals surface area contributed by atoms with Crippen molar-refractivity contribution < 1.29 is 13.9 Å². The van der Waals surface area contributed by atoms with Crippen molar-refractivity contribution in [2.45, 2.75) is 14.0 Å². The van der Waals surface area contributed by atoms with E-state index in [0.29, 0.717) is 0 Å². The first kappa shape index (κ1) is 10.0. The Kier molecular flexibility index (Phi) is 3.68. The molecule has 1 aromatic carbocycles. The number of rotatable bonds is 1. The Balaban J connectivity index is 0.000001000. The lowest BCUT2D eigenvalue weighted by atomic mass is 10.2. The topological polar surface area (TPSA) is 20.2 Å². The molecule has 0 unspecified atom stereocenters. The van der Waals surface area contributed by atoms with Gasteiger partial charge in [-0.3, -0.25) is 0 Å². The Hall–Kier alpha value is -0.960. The average Bonchev–Trinajstić information content (AvgIpc) is 1.88. The second kappa shape index (κ2) is 4.03. The zero-order chi connectivity index (χ0) is 7.56. The van der Waals surface area contributed by atoms with Crippen LogP contribution in [0.4, 0.5) is 8.78 Å². The summed E-state index contributed by atoms with van der Waals surface area (Å²) in [5, 5.41) is 8.42. The van der Waals surface area contributed by atoms with Gasteiger partial charge in [-0.15, -0.1) is 0 Å². The highest BCUT2D eigenvalue weighted by Crippen LogP contribution is 2.10. The Morgan fingerprint density at radius 1 is 1.18 bits per heavy atom. The number of aliphatic hydroxyl groups is 1. The number of halogens is 2. The fraction of sp³-hybridized carbons (Fsp3) is 0.250. The minimum atomic E-state index is -0.706. The van der Waals surface area contributed by atoms with Crippen LogP contribution in [-0.2, 0) is 6.61 Å². The standard InChI is InChI=1S/C7H6F2O.CH4/c8-6-2-1-3-7(9)5(6)4-10;/h1-3,10H,4H2;1H4. The summed E-state index contributed by atoms with van der Waals surface area (Å²) in [7, 11) is 0. The summed E-state index contributed by atoms with van der Waals surface area (Å²) in [6, 6.07) is 3.47. The SMILES string of the molecule is C.OCc1c(F)cccc1F. The molecule has 0 bridgehead atoms. The molecule has 0 spiro atoms. The first-order chi connectivity index (χ1) is 4.75. The molecule has 0 heterocycles. The van der Waals surface area contributed by atoms with Crippen LogP contribution in [0.1, 0.15) is 13.0 Å². The van der Waals surface area contributed by atoms with Crippen LogP contribution in [0.25, 0.3) is 0 Å². The van der Waals surface area contributed by atoms with Gasteiger partial charge in [-0.25, -0.2) is 8.78 Å². The molecule has 0 aliphatic rings. The predicted octanol–water partition coefficient (Wildman–Crippen LogP) is 2.09. The molecule has 0 radical (unpaired) electrons. The van der Waals surface area contributed by atoms with E-state index in [2.05, 4.69) is 0 Å². The summed E-state index contributed by atoms with van der Waals surface area (Å²) in [6.07, 6.45) is 0. The molecule has 0 aliphatic heterocycles. The van der Waals surface area contributed by atoms with Gasteiger partial charge in [0.05, 0.1) is 6.61 Å². The van der Waals surface area contributed by atoms with Crippen LogP contribution in [0.2, 0.25) is 0 Å². The molecule has 0 atom stereocenters. The largest absolute Gasteiger partial charge is 0.391 e. The molecular formula is C8H10F2O. The highest BCUT2D eigenvalue weighted by Gasteiger charge is 2.04. The predicted molar refractivity (Wildman–Crippen MR) is 39.0 cm³/mol. The van der Waals surface area contributed by atoms with Gasteiger partial charge in [0.25, 0.3) is 0 Å². The second-order valence-corrected chi connectivity index (χ2v) is 1.86. The van der Waals surface area contributed by atoms with Crippen LogP contribution in [0.3, 0.4) is 0 Å². The summed E-state index contributed by atoms with van der Waals surface area (Å²) in [4.78, 5) is 0. The van der Waals surface area contributed by atoms with Crippen molar-refractivity contribution in [3.8, 4) is 0 Å². The maximum Gasteiger partial charge on any atom is 0.131 e. The van der Waals surface area contributed by atoms with Gasteiger partial charge in [-0.2, -0.15) is 0 Å². The van der Waals surface area contributed by atoms with E-state index in [1.54, 1.807) is 0 Å². The molecule has 1 rings (SSSR count). The summed E-state index contributed by atoms with van der Waals surface area (Å²) in [5.41, 5.74) is -0.275. The monoisotopic (exact) mass is 160 g/mol. The fourth-order valence-corrected chi connectivity index (χ4v) is 0.683. The number of benzene rings is 1. The molecule has 0 aliphatic carbocycles. The van der Waals surface area contributed by atoms with E-state index in [1.807, 2.05) is 0 Å². The molecule has 1 aromatic rings. The third-order valence-corrected chi connectivity index (χ3v) is 1.22. The van der Waals surface area contributed by atoms with Gasteiger partial charge in [-0.1, -0.05) is 13.5 Å². The maximum atomic E-state index is 12.5. The molecule has 0 saturated carbocycles. The smallest absolute Gasteiger partial charge is 0.131 e. The van der Waals surface area contributed by atoms with E-state index >= 15 is 0 Å². The number of hydrogen-bond donors (Lipinski definition) is 1. The van der Waals surface area contributed by atoms with E-state index < -0.39 is 18.2 Å².